The number of halogens is 1. The molecule has 94 valence electrons. The zero-order chi connectivity index (χ0) is 13.3. The summed E-state index contributed by atoms with van der Waals surface area (Å²) in [5, 5.41) is 4.52. The third-order valence-electron chi connectivity index (χ3n) is 2.80. The molecule has 0 amide bonds. The van der Waals surface area contributed by atoms with Crippen molar-refractivity contribution in [2.24, 2.45) is 0 Å². The lowest BCUT2D eigenvalue weighted by Gasteiger charge is -2.11. The lowest BCUT2D eigenvalue weighted by Crippen LogP contribution is -2.07. The molecule has 0 saturated heterocycles. The summed E-state index contributed by atoms with van der Waals surface area (Å²) in [6.45, 7) is 1.91. The first kappa shape index (κ1) is 12.6. The topological polar surface area (TPSA) is 51.2 Å². The summed E-state index contributed by atoms with van der Waals surface area (Å²) in [5.74, 6) is -0.415. The number of hydrogen-bond donors (Lipinski definition) is 1. The van der Waals surface area contributed by atoms with Crippen molar-refractivity contribution in [1.29, 1.82) is 0 Å². The summed E-state index contributed by atoms with van der Waals surface area (Å²) in [6.07, 6.45) is 1.49. The van der Waals surface area contributed by atoms with Crippen LogP contribution >= 0.6 is 11.6 Å². The van der Waals surface area contributed by atoms with E-state index in [9.17, 15) is 4.79 Å². The lowest BCUT2D eigenvalue weighted by atomic mass is 10.1. The molecule has 0 spiro atoms. The molecule has 0 atom stereocenters. The third kappa shape index (κ3) is 1.99. The Balaban J connectivity index is 2.78. The van der Waals surface area contributed by atoms with Crippen molar-refractivity contribution in [2.75, 3.05) is 19.5 Å². The Morgan fingerprint density at radius 3 is 2.78 bits per heavy atom. The highest BCUT2D eigenvalue weighted by atomic mass is 35.5. The quantitative estimate of drug-likeness (QED) is 0.847. The van der Waals surface area contributed by atoms with Gasteiger partial charge >= 0.3 is 5.97 Å². The molecule has 0 aliphatic carbocycles. The van der Waals surface area contributed by atoms with Crippen molar-refractivity contribution >= 4 is 34.2 Å². The van der Waals surface area contributed by atoms with Gasteiger partial charge in [0.2, 0.25) is 0 Å². The number of nitrogens with one attached hydrogen (secondary N) is 1. The fourth-order valence-electron chi connectivity index (χ4n) is 1.86. The van der Waals surface area contributed by atoms with Gasteiger partial charge in [-0.1, -0.05) is 11.6 Å². The summed E-state index contributed by atoms with van der Waals surface area (Å²) >= 11 is 6.06. The molecule has 0 unspecified atom stereocenters. The van der Waals surface area contributed by atoms with E-state index in [2.05, 4.69) is 10.3 Å². The van der Waals surface area contributed by atoms with E-state index in [4.69, 9.17) is 16.3 Å². The Bertz CT molecular complexity index is 626. The zero-order valence-corrected chi connectivity index (χ0v) is 11.1. The highest BCUT2D eigenvalue weighted by molar-refractivity contribution is 6.32. The average molecular weight is 265 g/mol. The van der Waals surface area contributed by atoms with Gasteiger partial charge in [-0.15, -0.1) is 0 Å². The minimum Gasteiger partial charge on any atom is -0.465 e. The Hall–Kier alpha value is -1.81. The maximum Gasteiger partial charge on any atom is 0.341 e. The van der Waals surface area contributed by atoms with Gasteiger partial charge in [-0.2, -0.15) is 0 Å². The van der Waals surface area contributed by atoms with Crippen LogP contribution in [0.2, 0.25) is 5.02 Å². The molecule has 1 aromatic carbocycles. The summed E-state index contributed by atoms with van der Waals surface area (Å²) in [7, 11) is 3.10. The van der Waals surface area contributed by atoms with E-state index in [0.29, 0.717) is 16.3 Å². The van der Waals surface area contributed by atoms with Gasteiger partial charge in [0.05, 0.1) is 18.3 Å². The number of aryl methyl sites for hydroxylation is 1. The number of methoxy groups -OCH3 is 1. The Kier molecular flexibility index (Phi) is 3.39. The molecule has 0 saturated carbocycles. The molecule has 4 nitrogen and oxygen atoms in total. The first-order valence-electron chi connectivity index (χ1n) is 5.43. The van der Waals surface area contributed by atoms with Crippen LogP contribution in [-0.2, 0) is 4.74 Å². The zero-order valence-electron chi connectivity index (χ0n) is 10.4. The number of carbonyl (C=O) groups is 1. The van der Waals surface area contributed by atoms with Crippen LogP contribution in [0.1, 0.15) is 15.9 Å². The summed E-state index contributed by atoms with van der Waals surface area (Å²) in [6, 6.07) is 3.69. The van der Waals surface area contributed by atoms with Gasteiger partial charge in [-0.05, 0) is 24.6 Å². The van der Waals surface area contributed by atoms with Crippen LogP contribution in [-0.4, -0.2) is 25.1 Å². The first-order chi connectivity index (χ1) is 8.58. The summed E-state index contributed by atoms with van der Waals surface area (Å²) in [4.78, 5) is 15.9. The number of carbonyl (C=O) groups excluding carboxylic acids is 1. The molecular formula is C13H13ClN2O2. The molecule has 1 N–H and O–H groups in total. The van der Waals surface area contributed by atoms with E-state index in [1.54, 1.807) is 13.1 Å². The second-order valence-electron chi connectivity index (χ2n) is 3.91. The molecule has 0 radical (unpaired) electrons. The van der Waals surface area contributed by atoms with Gasteiger partial charge in [0.1, 0.15) is 5.56 Å². The minimum absolute atomic E-state index is 0.411. The number of esters is 1. The summed E-state index contributed by atoms with van der Waals surface area (Å²) in [5.41, 5.74) is 2.79. The standard InChI is InChI=1S/C13H13ClN2O2/c1-7-4-8-11(5-10(7)14)16-6-9(12(8)15-2)13(17)18-3/h4-6H,1-3H3,(H,15,16). The molecule has 0 bridgehead atoms. The lowest BCUT2D eigenvalue weighted by molar-refractivity contribution is 0.0601. The maximum atomic E-state index is 11.7. The van der Waals surface area contributed by atoms with Gasteiger partial charge in [0.25, 0.3) is 0 Å². The molecule has 1 heterocycles. The highest BCUT2D eigenvalue weighted by Crippen LogP contribution is 2.30. The van der Waals surface area contributed by atoms with Crippen LogP contribution in [0, 0.1) is 6.92 Å². The predicted octanol–water partition coefficient (Wildman–Crippen LogP) is 3.02. The van der Waals surface area contributed by atoms with E-state index in [-0.39, 0.29) is 0 Å². The molecule has 0 aliphatic heterocycles. The fourth-order valence-corrected chi connectivity index (χ4v) is 2.01. The van der Waals surface area contributed by atoms with Gasteiger partial charge in [0, 0.05) is 23.7 Å². The second-order valence-corrected chi connectivity index (χ2v) is 4.31. The molecule has 1 aromatic heterocycles. The average Bonchev–Trinajstić information content (AvgIpc) is 2.38. The SMILES string of the molecule is CNc1c(C(=O)OC)cnc2cc(Cl)c(C)cc12. The van der Waals surface area contributed by atoms with Gasteiger partial charge in [0.15, 0.2) is 0 Å². The minimum atomic E-state index is -0.415. The van der Waals surface area contributed by atoms with E-state index in [1.165, 1.54) is 13.3 Å². The largest absolute Gasteiger partial charge is 0.465 e. The van der Waals surface area contributed by atoms with Crippen molar-refractivity contribution in [3.8, 4) is 0 Å². The first-order valence-corrected chi connectivity index (χ1v) is 5.81. The number of nitrogens with zero attached hydrogens (tertiary/aromatic N) is 1. The van der Waals surface area contributed by atoms with Gasteiger partial charge in [-0.25, -0.2) is 4.79 Å². The Labute approximate surface area is 110 Å². The number of benzene rings is 1. The number of anilines is 1. The number of rotatable bonds is 2. The van der Waals surface area contributed by atoms with E-state index in [0.717, 1.165) is 16.5 Å². The normalized spacial score (nSPS) is 10.4. The van der Waals surface area contributed by atoms with Crippen LogP contribution in [0.5, 0.6) is 0 Å². The van der Waals surface area contributed by atoms with Crippen LogP contribution in [0.4, 0.5) is 5.69 Å². The van der Waals surface area contributed by atoms with E-state index >= 15 is 0 Å². The molecule has 2 rings (SSSR count). The third-order valence-corrected chi connectivity index (χ3v) is 3.21. The predicted molar refractivity (Wildman–Crippen MR) is 72.4 cm³/mol. The van der Waals surface area contributed by atoms with Crippen molar-refractivity contribution in [3.05, 3.63) is 34.5 Å². The number of pyridine rings is 1. The molecule has 0 aliphatic rings. The fraction of sp³-hybridized carbons (Fsp3) is 0.231. The molecule has 5 heteroatoms. The smallest absolute Gasteiger partial charge is 0.341 e. The number of fused-ring (bicyclic) bond motifs is 1. The second kappa shape index (κ2) is 4.82. The van der Waals surface area contributed by atoms with E-state index in [1.807, 2.05) is 13.0 Å². The summed E-state index contributed by atoms with van der Waals surface area (Å²) < 4.78 is 4.74. The Morgan fingerprint density at radius 2 is 2.17 bits per heavy atom. The van der Waals surface area contributed by atoms with Crippen LogP contribution < -0.4 is 5.32 Å². The number of ether oxygens (including phenoxy) is 1. The molecule has 18 heavy (non-hydrogen) atoms. The Morgan fingerprint density at radius 1 is 1.44 bits per heavy atom. The maximum absolute atomic E-state index is 11.7. The van der Waals surface area contributed by atoms with Crippen LogP contribution in [0.25, 0.3) is 10.9 Å². The van der Waals surface area contributed by atoms with E-state index < -0.39 is 5.97 Å². The van der Waals surface area contributed by atoms with Crippen molar-refractivity contribution < 1.29 is 9.53 Å². The number of hydrogen-bond acceptors (Lipinski definition) is 4. The van der Waals surface area contributed by atoms with Crippen molar-refractivity contribution in [1.82, 2.24) is 4.98 Å². The van der Waals surface area contributed by atoms with Crippen molar-refractivity contribution in [3.63, 3.8) is 0 Å². The number of aromatic nitrogens is 1. The molecular weight excluding hydrogens is 252 g/mol. The van der Waals surface area contributed by atoms with Crippen LogP contribution in [0.15, 0.2) is 18.3 Å². The molecule has 0 fully saturated rings. The van der Waals surface area contributed by atoms with Crippen molar-refractivity contribution in [2.45, 2.75) is 6.92 Å². The molecule has 2 aromatic rings. The monoisotopic (exact) mass is 264 g/mol. The van der Waals surface area contributed by atoms with Gasteiger partial charge < -0.3 is 10.1 Å². The van der Waals surface area contributed by atoms with Gasteiger partial charge in [-0.3, -0.25) is 4.98 Å². The highest BCUT2D eigenvalue weighted by Gasteiger charge is 2.15. The van der Waals surface area contributed by atoms with Crippen LogP contribution in [0.3, 0.4) is 0 Å².